The molecule has 0 aliphatic rings. The lowest BCUT2D eigenvalue weighted by Gasteiger charge is -2.16. The number of hydrogen-bond acceptors (Lipinski definition) is 4. The Balaban J connectivity index is 2.30. The van der Waals surface area contributed by atoms with Gasteiger partial charge in [0.1, 0.15) is 0 Å². The van der Waals surface area contributed by atoms with Crippen molar-refractivity contribution in [2.75, 3.05) is 14.1 Å². The van der Waals surface area contributed by atoms with Gasteiger partial charge in [-0.15, -0.1) is 0 Å². The lowest BCUT2D eigenvalue weighted by atomic mass is 10.1. The van der Waals surface area contributed by atoms with Crippen LogP contribution in [0.15, 0.2) is 22.6 Å². The summed E-state index contributed by atoms with van der Waals surface area (Å²) in [5.74, 6) is -1.77. The maximum atomic E-state index is 13.6. The first-order chi connectivity index (χ1) is 9.82. The third kappa shape index (κ3) is 2.74. The van der Waals surface area contributed by atoms with Crippen LogP contribution < -0.4 is 0 Å². The summed E-state index contributed by atoms with van der Waals surface area (Å²) in [5, 5.41) is 0.508. The number of benzene rings is 1. The lowest BCUT2D eigenvalue weighted by Crippen LogP contribution is -2.34. The van der Waals surface area contributed by atoms with Gasteiger partial charge in [-0.3, -0.25) is 4.79 Å². The molecule has 0 bridgehead atoms. The minimum Gasteiger partial charge on any atom is -0.447 e. The molecule has 2 aromatic rings. The number of rotatable bonds is 3. The van der Waals surface area contributed by atoms with Gasteiger partial charge in [-0.1, -0.05) is 12.1 Å². The number of amides is 1. The van der Waals surface area contributed by atoms with Crippen LogP contribution in [-0.2, 0) is 9.53 Å². The number of fused-ring (bicyclic) bond motifs is 1. The molecule has 2 rings (SSSR count). The number of halogens is 1. The highest BCUT2D eigenvalue weighted by atomic mass is 19.1. The highest BCUT2D eigenvalue weighted by molar-refractivity contribution is 5.97. The quantitative estimate of drug-likeness (QED) is 0.816. The maximum Gasteiger partial charge on any atom is 0.375 e. The Morgan fingerprint density at radius 3 is 2.57 bits per heavy atom. The van der Waals surface area contributed by atoms with Crippen LogP contribution in [0.1, 0.15) is 23.0 Å². The van der Waals surface area contributed by atoms with E-state index in [2.05, 4.69) is 0 Å². The van der Waals surface area contributed by atoms with Gasteiger partial charge >= 0.3 is 5.97 Å². The van der Waals surface area contributed by atoms with E-state index in [1.54, 1.807) is 27.1 Å². The number of likely N-dealkylation sites (N-methyl/N-ethyl adjacent to an activating group) is 1. The Morgan fingerprint density at radius 2 is 2.00 bits per heavy atom. The average Bonchev–Trinajstić information content (AvgIpc) is 2.77. The van der Waals surface area contributed by atoms with Crippen molar-refractivity contribution < 1.29 is 23.1 Å². The Bertz CT molecular complexity index is 705. The standard InChI is InChI=1S/C15H16FNO4/c1-8-10-6-5-7-11(16)13(10)21-12(8)15(19)20-9(2)14(18)17(3)4/h5-7,9H,1-4H3/t9-/m0/s1. The third-order valence-electron chi connectivity index (χ3n) is 3.17. The number of aryl methyl sites for hydroxylation is 1. The molecule has 6 heteroatoms. The van der Waals surface area contributed by atoms with Crippen LogP contribution in [0.3, 0.4) is 0 Å². The Morgan fingerprint density at radius 1 is 1.33 bits per heavy atom. The Hall–Kier alpha value is -2.37. The fourth-order valence-electron chi connectivity index (χ4n) is 2.03. The summed E-state index contributed by atoms with van der Waals surface area (Å²) in [5.41, 5.74) is 0.493. The van der Waals surface area contributed by atoms with Crippen LogP contribution in [0.2, 0.25) is 0 Å². The topological polar surface area (TPSA) is 59.8 Å². The van der Waals surface area contributed by atoms with Gasteiger partial charge in [0.05, 0.1) is 0 Å². The van der Waals surface area contributed by atoms with Crippen LogP contribution in [0.4, 0.5) is 4.39 Å². The van der Waals surface area contributed by atoms with Gasteiger partial charge in [-0.2, -0.15) is 0 Å². The molecular formula is C15H16FNO4. The minimum atomic E-state index is -0.940. The summed E-state index contributed by atoms with van der Waals surface area (Å²) in [7, 11) is 3.13. The van der Waals surface area contributed by atoms with Crippen molar-refractivity contribution in [3.05, 3.63) is 35.3 Å². The van der Waals surface area contributed by atoms with Crippen LogP contribution in [-0.4, -0.2) is 37.0 Å². The summed E-state index contributed by atoms with van der Waals surface area (Å²) < 4.78 is 24.0. The van der Waals surface area contributed by atoms with Crippen molar-refractivity contribution in [3.63, 3.8) is 0 Å². The molecule has 0 spiro atoms. The van der Waals surface area contributed by atoms with Gasteiger partial charge in [0.25, 0.3) is 5.91 Å². The largest absolute Gasteiger partial charge is 0.447 e. The van der Waals surface area contributed by atoms with E-state index in [0.717, 1.165) is 0 Å². The molecule has 0 N–H and O–H groups in total. The first-order valence-corrected chi connectivity index (χ1v) is 6.42. The molecule has 0 aliphatic heterocycles. The molecule has 1 atom stereocenters. The number of furan rings is 1. The van der Waals surface area contributed by atoms with E-state index in [1.165, 1.54) is 24.0 Å². The Kier molecular flexibility index (Phi) is 3.97. The lowest BCUT2D eigenvalue weighted by molar-refractivity contribution is -0.137. The molecule has 112 valence electrons. The summed E-state index contributed by atoms with van der Waals surface area (Å²) in [4.78, 5) is 25.1. The number of esters is 1. The number of nitrogens with zero attached hydrogens (tertiary/aromatic N) is 1. The molecule has 0 fully saturated rings. The third-order valence-corrected chi connectivity index (χ3v) is 3.17. The zero-order valence-corrected chi connectivity index (χ0v) is 12.3. The number of carbonyl (C=O) groups is 2. The number of carbonyl (C=O) groups excluding carboxylic acids is 2. The highest BCUT2D eigenvalue weighted by Crippen LogP contribution is 2.27. The number of hydrogen-bond donors (Lipinski definition) is 0. The van der Waals surface area contributed by atoms with E-state index in [-0.39, 0.29) is 17.3 Å². The van der Waals surface area contributed by atoms with Crippen molar-refractivity contribution in [1.29, 1.82) is 0 Å². The maximum absolute atomic E-state index is 13.6. The second-order valence-corrected chi connectivity index (χ2v) is 4.95. The van der Waals surface area contributed by atoms with Gasteiger partial charge < -0.3 is 14.1 Å². The van der Waals surface area contributed by atoms with Gasteiger partial charge in [-0.25, -0.2) is 9.18 Å². The highest BCUT2D eigenvalue weighted by Gasteiger charge is 2.25. The molecule has 0 radical (unpaired) electrons. The summed E-state index contributed by atoms with van der Waals surface area (Å²) in [6, 6.07) is 4.44. The van der Waals surface area contributed by atoms with Crippen LogP contribution in [0.25, 0.3) is 11.0 Å². The van der Waals surface area contributed by atoms with Crippen molar-refractivity contribution in [2.24, 2.45) is 0 Å². The molecule has 0 saturated carbocycles. The second kappa shape index (κ2) is 5.55. The van der Waals surface area contributed by atoms with E-state index in [0.29, 0.717) is 10.9 Å². The van der Waals surface area contributed by atoms with E-state index < -0.39 is 17.9 Å². The van der Waals surface area contributed by atoms with E-state index >= 15 is 0 Å². The molecule has 1 aromatic heterocycles. The minimum absolute atomic E-state index is 0.00791. The van der Waals surface area contributed by atoms with Crippen molar-refractivity contribution in [3.8, 4) is 0 Å². The zero-order valence-electron chi connectivity index (χ0n) is 12.3. The van der Waals surface area contributed by atoms with E-state index in [4.69, 9.17) is 9.15 Å². The van der Waals surface area contributed by atoms with E-state index in [1.807, 2.05) is 0 Å². The average molecular weight is 293 g/mol. The summed E-state index contributed by atoms with van der Waals surface area (Å²) in [6.45, 7) is 3.11. The predicted octanol–water partition coefficient (Wildman–Crippen LogP) is 2.51. The second-order valence-electron chi connectivity index (χ2n) is 4.95. The molecule has 0 unspecified atom stereocenters. The zero-order chi connectivity index (χ0) is 15.7. The fraction of sp³-hybridized carbons (Fsp3) is 0.333. The summed E-state index contributed by atoms with van der Waals surface area (Å²) in [6.07, 6.45) is -0.940. The van der Waals surface area contributed by atoms with Crippen LogP contribution in [0.5, 0.6) is 0 Å². The van der Waals surface area contributed by atoms with Crippen molar-refractivity contribution in [1.82, 2.24) is 4.90 Å². The SMILES string of the molecule is Cc1c(C(=O)O[C@@H](C)C(=O)N(C)C)oc2c(F)cccc12. The number of para-hydroxylation sites is 1. The summed E-state index contributed by atoms with van der Waals surface area (Å²) >= 11 is 0. The first kappa shape index (κ1) is 15.0. The molecule has 1 aromatic carbocycles. The predicted molar refractivity (Wildman–Crippen MR) is 74.5 cm³/mol. The first-order valence-electron chi connectivity index (χ1n) is 6.42. The smallest absolute Gasteiger partial charge is 0.375 e. The molecule has 21 heavy (non-hydrogen) atoms. The van der Waals surface area contributed by atoms with E-state index in [9.17, 15) is 14.0 Å². The van der Waals surface area contributed by atoms with Crippen molar-refractivity contribution >= 4 is 22.8 Å². The molecule has 1 amide bonds. The van der Waals surface area contributed by atoms with Crippen LogP contribution in [0, 0.1) is 12.7 Å². The Labute approximate surface area is 121 Å². The molecule has 0 aliphatic carbocycles. The molecule has 5 nitrogen and oxygen atoms in total. The van der Waals surface area contributed by atoms with Gasteiger partial charge in [0.15, 0.2) is 17.5 Å². The van der Waals surface area contributed by atoms with Crippen molar-refractivity contribution in [2.45, 2.75) is 20.0 Å². The normalized spacial score (nSPS) is 12.2. The fourth-order valence-corrected chi connectivity index (χ4v) is 2.03. The monoisotopic (exact) mass is 293 g/mol. The van der Waals surface area contributed by atoms with Gasteiger partial charge in [-0.05, 0) is 19.9 Å². The van der Waals surface area contributed by atoms with Crippen LogP contribution >= 0.6 is 0 Å². The van der Waals surface area contributed by atoms with Gasteiger partial charge in [0.2, 0.25) is 5.76 Å². The molecule has 1 heterocycles. The molecule has 0 saturated heterocycles. The number of ether oxygens (including phenoxy) is 1. The molecular weight excluding hydrogens is 277 g/mol. The van der Waals surface area contributed by atoms with Gasteiger partial charge in [0, 0.05) is 25.0 Å².